The summed E-state index contributed by atoms with van der Waals surface area (Å²) in [6, 6.07) is 13.6. The molecule has 2 aromatic carbocycles. The van der Waals surface area contributed by atoms with Crippen molar-refractivity contribution in [3.8, 4) is 5.75 Å². The van der Waals surface area contributed by atoms with Gasteiger partial charge in [-0.2, -0.15) is 0 Å². The fraction of sp³-hybridized carbons (Fsp3) is 0.105. The Morgan fingerprint density at radius 1 is 0.957 bits per heavy atom. The molecule has 0 fully saturated rings. The highest BCUT2D eigenvalue weighted by molar-refractivity contribution is 6.37. The van der Waals surface area contributed by atoms with Crippen LogP contribution in [-0.4, -0.2) is 24.5 Å². The molecule has 3 rings (SSSR count). The number of fused-ring (bicyclic) bond motifs is 1. The highest BCUT2D eigenvalue weighted by Gasteiger charge is 2.41. The van der Waals surface area contributed by atoms with E-state index in [-0.39, 0.29) is 0 Å². The molecule has 0 spiro atoms. The van der Waals surface area contributed by atoms with Crippen molar-refractivity contribution >= 4 is 23.4 Å². The van der Waals surface area contributed by atoms with E-state index in [4.69, 9.17) is 4.74 Å². The standard InChI is InChI=1S/C19H14O4/c1-23-13-9-6-12(7-10-13)8-11-16(20)17-18(21)14-4-2-3-5-15(14)19(17)22/h2-11,17H,1H3. The van der Waals surface area contributed by atoms with Gasteiger partial charge < -0.3 is 4.74 Å². The van der Waals surface area contributed by atoms with Gasteiger partial charge in [-0.25, -0.2) is 0 Å². The Bertz CT molecular complexity index is 781. The number of Topliss-reactive ketones (excluding diaryl/α,β-unsaturated/α-hetero) is 2. The van der Waals surface area contributed by atoms with Crippen LogP contribution in [0.15, 0.2) is 54.6 Å². The Hall–Kier alpha value is -3.01. The molecule has 0 bridgehead atoms. The van der Waals surface area contributed by atoms with Gasteiger partial charge in [0.1, 0.15) is 11.7 Å². The zero-order valence-electron chi connectivity index (χ0n) is 12.5. The van der Waals surface area contributed by atoms with Crippen LogP contribution in [0.3, 0.4) is 0 Å². The lowest BCUT2D eigenvalue weighted by atomic mass is 9.97. The molecule has 2 aromatic rings. The van der Waals surface area contributed by atoms with Gasteiger partial charge in [0.25, 0.3) is 0 Å². The zero-order chi connectivity index (χ0) is 16.4. The maximum atomic E-state index is 12.3. The quantitative estimate of drug-likeness (QED) is 0.643. The molecule has 1 aliphatic rings. The molecular weight excluding hydrogens is 292 g/mol. The van der Waals surface area contributed by atoms with E-state index in [2.05, 4.69) is 0 Å². The van der Waals surface area contributed by atoms with Crippen molar-refractivity contribution in [2.75, 3.05) is 7.11 Å². The monoisotopic (exact) mass is 306 g/mol. The van der Waals surface area contributed by atoms with E-state index in [1.165, 1.54) is 6.08 Å². The van der Waals surface area contributed by atoms with Gasteiger partial charge in [0, 0.05) is 11.1 Å². The fourth-order valence-electron chi connectivity index (χ4n) is 2.59. The Labute approximate surface area is 133 Å². The van der Waals surface area contributed by atoms with Gasteiger partial charge >= 0.3 is 0 Å². The number of allylic oxidation sites excluding steroid dienone is 1. The first-order chi connectivity index (χ1) is 11.1. The normalized spacial score (nSPS) is 14.3. The number of rotatable bonds is 4. The topological polar surface area (TPSA) is 60.4 Å². The number of methoxy groups -OCH3 is 1. The number of benzene rings is 2. The molecule has 0 heterocycles. The number of carbonyl (C=O) groups excluding carboxylic acids is 3. The summed E-state index contributed by atoms with van der Waals surface area (Å²) in [6.07, 6.45) is 2.87. The summed E-state index contributed by atoms with van der Waals surface area (Å²) in [5.74, 6) is -1.87. The van der Waals surface area contributed by atoms with Crippen LogP contribution >= 0.6 is 0 Å². The Morgan fingerprint density at radius 3 is 2.04 bits per heavy atom. The van der Waals surface area contributed by atoms with Gasteiger partial charge in [0.2, 0.25) is 0 Å². The molecule has 23 heavy (non-hydrogen) atoms. The second-order valence-corrected chi connectivity index (χ2v) is 5.22. The van der Waals surface area contributed by atoms with Crippen LogP contribution in [0.4, 0.5) is 0 Å². The molecule has 4 heteroatoms. The van der Waals surface area contributed by atoms with Gasteiger partial charge in [0.15, 0.2) is 17.3 Å². The largest absolute Gasteiger partial charge is 0.497 e. The first-order valence-electron chi connectivity index (χ1n) is 7.15. The third-order valence-electron chi connectivity index (χ3n) is 3.82. The number of ketones is 3. The SMILES string of the molecule is COc1ccc(C=CC(=O)C2C(=O)c3ccccc3C2=O)cc1. The van der Waals surface area contributed by atoms with Crippen LogP contribution in [0.2, 0.25) is 0 Å². The van der Waals surface area contributed by atoms with E-state index in [0.29, 0.717) is 16.9 Å². The van der Waals surface area contributed by atoms with E-state index in [9.17, 15) is 14.4 Å². The summed E-state index contributed by atoms with van der Waals surface area (Å²) in [6.45, 7) is 0. The number of hydrogen-bond acceptors (Lipinski definition) is 4. The van der Waals surface area contributed by atoms with Crippen molar-refractivity contribution in [3.05, 3.63) is 71.3 Å². The number of carbonyl (C=O) groups is 3. The molecule has 0 N–H and O–H groups in total. The predicted molar refractivity (Wildman–Crippen MR) is 85.6 cm³/mol. The molecule has 0 aliphatic heterocycles. The van der Waals surface area contributed by atoms with Gasteiger partial charge in [-0.15, -0.1) is 0 Å². The lowest BCUT2D eigenvalue weighted by Gasteiger charge is -2.02. The Morgan fingerprint density at radius 2 is 1.52 bits per heavy atom. The van der Waals surface area contributed by atoms with Gasteiger partial charge in [-0.1, -0.05) is 42.5 Å². The van der Waals surface area contributed by atoms with Crippen molar-refractivity contribution in [1.29, 1.82) is 0 Å². The van der Waals surface area contributed by atoms with E-state index >= 15 is 0 Å². The first kappa shape index (κ1) is 14.9. The van der Waals surface area contributed by atoms with Crippen molar-refractivity contribution in [2.24, 2.45) is 5.92 Å². The van der Waals surface area contributed by atoms with E-state index in [1.54, 1.807) is 61.7 Å². The molecular formula is C19H14O4. The predicted octanol–water partition coefficient (Wildman–Crippen LogP) is 2.97. The Balaban J connectivity index is 1.80. The van der Waals surface area contributed by atoms with Crippen molar-refractivity contribution in [3.63, 3.8) is 0 Å². The van der Waals surface area contributed by atoms with E-state index < -0.39 is 23.3 Å². The molecule has 0 aromatic heterocycles. The molecule has 0 amide bonds. The van der Waals surface area contributed by atoms with Gasteiger partial charge in [-0.3, -0.25) is 14.4 Å². The van der Waals surface area contributed by atoms with E-state index in [0.717, 1.165) is 5.56 Å². The smallest absolute Gasteiger partial charge is 0.182 e. The van der Waals surface area contributed by atoms with Crippen LogP contribution in [0, 0.1) is 5.92 Å². The first-order valence-corrected chi connectivity index (χ1v) is 7.15. The number of hydrogen-bond donors (Lipinski definition) is 0. The maximum Gasteiger partial charge on any atom is 0.182 e. The summed E-state index contributed by atoms with van der Waals surface area (Å²) in [7, 11) is 1.57. The van der Waals surface area contributed by atoms with Crippen LogP contribution in [0.5, 0.6) is 5.75 Å². The lowest BCUT2D eigenvalue weighted by Crippen LogP contribution is -2.23. The van der Waals surface area contributed by atoms with E-state index in [1.807, 2.05) is 0 Å². The summed E-state index contributed by atoms with van der Waals surface area (Å²) < 4.78 is 5.06. The van der Waals surface area contributed by atoms with Crippen molar-refractivity contribution < 1.29 is 19.1 Å². The molecule has 0 unspecified atom stereocenters. The minimum Gasteiger partial charge on any atom is -0.497 e. The summed E-state index contributed by atoms with van der Waals surface area (Å²) in [5, 5.41) is 0. The van der Waals surface area contributed by atoms with Crippen molar-refractivity contribution in [1.82, 2.24) is 0 Å². The summed E-state index contributed by atoms with van der Waals surface area (Å²) in [5.41, 5.74) is 1.44. The molecule has 0 saturated carbocycles. The van der Waals surface area contributed by atoms with Crippen LogP contribution in [0.1, 0.15) is 26.3 Å². The maximum absolute atomic E-state index is 12.3. The zero-order valence-corrected chi connectivity index (χ0v) is 12.5. The molecule has 1 aliphatic carbocycles. The molecule has 4 nitrogen and oxygen atoms in total. The average molecular weight is 306 g/mol. The lowest BCUT2D eigenvalue weighted by molar-refractivity contribution is -0.115. The third-order valence-corrected chi connectivity index (χ3v) is 3.82. The highest BCUT2D eigenvalue weighted by Crippen LogP contribution is 2.27. The minimum atomic E-state index is -1.25. The summed E-state index contributed by atoms with van der Waals surface area (Å²) >= 11 is 0. The van der Waals surface area contributed by atoms with Crippen LogP contribution in [-0.2, 0) is 4.79 Å². The molecule has 0 radical (unpaired) electrons. The minimum absolute atomic E-state index is 0.327. The second-order valence-electron chi connectivity index (χ2n) is 5.22. The average Bonchev–Trinajstić information content (AvgIpc) is 2.85. The van der Waals surface area contributed by atoms with Gasteiger partial charge in [0.05, 0.1) is 7.11 Å². The number of ether oxygens (including phenoxy) is 1. The molecule has 0 atom stereocenters. The highest BCUT2D eigenvalue weighted by atomic mass is 16.5. The molecule has 114 valence electrons. The third kappa shape index (κ3) is 2.71. The van der Waals surface area contributed by atoms with Crippen LogP contribution < -0.4 is 4.74 Å². The van der Waals surface area contributed by atoms with Gasteiger partial charge in [-0.05, 0) is 23.8 Å². The Kier molecular flexibility index (Phi) is 3.89. The molecule has 0 saturated heterocycles. The second kappa shape index (κ2) is 6.01. The van der Waals surface area contributed by atoms with Crippen LogP contribution in [0.25, 0.3) is 6.08 Å². The fourth-order valence-corrected chi connectivity index (χ4v) is 2.59. The van der Waals surface area contributed by atoms with Crippen molar-refractivity contribution in [2.45, 2.75) is 0 Å². The summed E-state index contributed by atoms with van der Waals surface area (Å²) in [4.78, 5) is 36.8.